The van der Waals surface area contributed by atoms with Crippen molar-refractivity contribution in [1.29, 1.82) is 0 Å². The summed E-state index contributed by atoms with van der Waals surface area (Å²) in [5.74, 6) is 0.631. The van der Waals surface area contributed by atoms with Crippen molar-refractivity contribution in [2.75, 3.05) is 18.0 Å². The second-order valence-electron chi connectivity index (χ2n) is 9.33. The summed E-state index contributed by atoms with van der Waals surface area (Å²) in [5.41, 5.74) is 0.789. The van der Waals surface area contributed by atoms with E-state index in [0.29, 0.717) is 10.0 Å². The van der Waals surface area contributed by atoms with Gasteiger partial charge in [-0.1, -0.05) is 42.1 Å². The maximum Gasteiger partial charge on any atom is 0.242 e. The van der Waals surface area contributed by atoms with Gasteiger partial charge in [-0.25, -0.2) is 0 Å². The fraction of sp³-hybridized carbons (Fsp3) is 0.542. The first kappa shape index (κ1) is 23.3. The van der Waals surface area contributed by atoms with Crippen molar-refractivity contribution in [3.63, 3.8) is 0 Å². The van der Waals surface area contributed by atoms with Crippen LogP contribution in [-0.4, -0.2) is 40.4 Å². The van der Waals surface area contributed by atoms with Crippen molar-refractivity contribution < 1.29 is 9.59 Å². The Bertz CT molecular complexity index is 1160. The first-order chi connectivity index (χ1) is 15.9. The minimum Gasteiger partial charge on any atom is -0.338 e. The molecule has 176 valence electrons. The number of carbonyl (C=O) groups excluding carboxylic acids is 2. The first-order valence-electron chi connectivity index (χ1n) is 11.7. The van der Waals surface area contributed by atoms with Gasteiger partial charge in [0.15, 0.2) is 3.95 Å². The van der Waals surface area contributed by atoms with Crippen LogP contribution in [0.5, 0.6) is 0 Å². The smallest absolute Gasteiger partial charge is 0.242 e. The van der Waals surface area contributed by atoms with E-state index < -0.39 is 0 Å². The Morgan fingerprint density at radius 2 is 1.91 bits per heavy atom. The summed E-state index contributed by atoms with van der Waals surface area (Å²) < 4.78 is 2.86. The molecule has 5 nitrogen and oxygen atoms in total. The Balaban J connectivity index is 1.62. The zero-order valence-electron chi connectivity index (χ0n) is 18.6. The minimum absolute atomic E-state index is 0.00151. The van der Waals surface area contributed by atoms with E-state index in [1.807, 2.05) is 11.0 Å². The highest BCUT2D eigenvalue weighted by molar-refractivity contribution is 7.73. The van der Waals surface area contributed by atoms with Crippen LogP contribution in [0.3, 0.4) is 0 Å². The number of fused-ring (bicyclic) bond motifs is 3. The number of hydrogen-bond donors (Lipinski definition) is 0. The van der Waals surface area contributed by atoms with E-state index in [-0.39, 0.29) is 36.4 Å². The van der Waals surface area contributed by atoms with E-state index in [1.54, 1.807) is 17.0 Å². The Labute approximate surface area is 213 Å². The molecule has 3 unspecified atom stereocenters. The number of hydrogen-bond acceptors (Lipinski definition) is 4. The van der Waals surface area contributed by atoms with Crippen LogP contribution in [0.2, 0.25) is 10.0 Å². The third-order valence-corrected chi connectivity index (χ3v) is 9.28. The molecule has 0 bridgehead atoms. The molecule has 0 spiro atoms. The predicted octanol–water partition coefficient (Wildman–Crippen LogP) is 6.73. The molecule has 1 saturated heterocycles. The summed E-state index contributed by atoms with van der Waals surface area (Å²) >= 11 is 20.0. The molecule has 33 heavy (non-hydrogen) atoms. The van der Waals surface area contributed by atoms with E-state index in [2.05, 4.69) is 11.5 Å². The lowest BCUT2D eigenvalue weighted by Crippen LogP contribution is -2.53. The van der Waals surface area contributed by atoms with Gasteiger partial charge in [0.1, 0.15) is 12.4 Å². The summed E-state index contributed by atoms with van der Waals surface area (Å²) in [7, 11) is 0. The fourth-order valence-electron chi connectivity index (χ4n) is 5.63. The number of nitrogens with zero attached hydrogens (tertiary/aromatic N) is 3. The number of halogens is 2. The predicted molar refractivity (Wildman–Crippen MR) is 137 cm³/mol. The maximum absolute atomic E-state index is 13.8. The van der Waals surface area contributed by atoms with Gasteiger partial charge >= 0.3 is 0 Å². The van der Waals surface area contributed by atoms with Crippen molar-refractivity contribution in [3.05, 3.63) is 32.2 Å². The Morgan fingerprint density at radius 3 is 2.67 bits per heavy atom. The monoisotopic (exact) mass is 523 g/mol. The van der Waals surface area contributed by atoms with Gasteiger partial charge in [0.25, 0.3) is 0 Å². The highest BCUT2D eigenvalue weighted by Crippen LogP contribution is 2.50. The summed E-state index contributed by atoms with van der Waals surface area (Å²) in [6, 6.07) is 5.61. The average Bonchev–Trinajstić information content (AvgIpc) is 3.13. The van der Waals surface area contributed by atoms with Gasteiger partial charge in [0, 0.05) is 29.2 Å². The van der Waals surface area contributed by atoms with Crippen LogP contribution in [0, 0.1) is 9.87 Å². The molecule has 3 aliphatic rings. The van der Waals surface area contributed by atoms with Crippen molar-refractivity contribution >= 4 is 64.4 Å². The van der Waals surface area contributed by atoms with E-state index in [9.17, 15) is 9.59 Å². The van der Waals surface area contributed by atoms with E-state index in [0.717, 1.165) is 71.7 Å². The third kappa shape index (κ3) is 4.15. The molecule has 9 heteroatoms. The van der Waals surface area contributed by atoms with E-state index >= 15 is 0 Å². The Kier molecular flexibility index (Phi) is 6.60. The Morgan fingerprint density at radius 1 is 1.15 bits per heavy atom. The number of rotatable bonds is 3. The fourth-order valence-corrected chi connectivity index (χ4v) is 7.75. The lowest BCUT2D eigenvalue weighted by atomic mass is 9.82. The molecule has 1 aliphatic carbocycles. The Hall–Kier alpha value is -1.41. The molecule has 0 N–H and O–H groups in total. The summed E-state index contributed by atoms with van der Waals surface area (Å²) in [6.45, 7) is 2.88. The van der Waals surface area contributed by atoms with Crippen molar-refractivity contribution in [2.24, 2.45) is 5.92 Å². The quantitative estimate of drug-likeness (QED) is 0.418. The molecule has 2 amide bonds. The standard InChI is InChI=1S/C24H27Cl2N3O2S2/c1-14-6-4-5-11-27(14)20(30)13-28-22-21(16-10-9-15(25)12-18(16)26)33-24(32)29(22)19-8-3-2-7-17(19)23(28)31/h9-10,12,14,17,19H,2-8,11,13H2,1H3. The number of benzene rings is 1. The molecule has 2 fully saturated rings. The molecule has 0 radical (unpaired) electrons. The number of anilines is 1. The average molecular weight is 525 g/mol. The number of amides is 2. The molecule has 1 aromatic heterocycles. The van der Waals surface area contributed by atoms with Gasteiger partial charge in [-0.05, 0) is 63.4 Å². The molecule has 3 heterocycles. The van der Waals surface area contributed by atoms with Gasteiger partial charge in [-0.3, -0.25) is 14.5 Å². The molecule has 1 aromatic carbocycles. The van der Waals surface area contributed by atoms with Crippen LogP contribution in [-0.2, 0) is 9.59 Å². The normalized spacial score (nSPS) is 25.1. The van der Waals surface area contributed by atoms with E-state index in [1.165, 1.54) is 11.3 Å². The number of carbonyl (C=O) groups is 2. The zero-order valence-corrected chi connectivity index (χ0v) is 21.7. The summed E-state index contributed by atoms with van der Waals surface area (Å²) in [4.78, 5) is 31.7. The van der Waals surface area contributed by atoms with Gasteiger partial charge in [0.2, 0.25) is 11.8 Å². The van der Waals surface area contributed by atoms with Gasteiger partial charge in [0.05, 0.1) is 15.8 Å². The van der Waals surface area contributed by atoms with Gasteiger partial charge in [-0.15, -0.1) is 11.3 Å². The second-order valence-corrected chi connectivity index (χ2v) is 11.8. The zero-order chi connectivity index (χ0) is 23.3. The van der Waals surface area contributed by atoms with Gasteiger partial charge in [-0.2, -0.15) is 0 Å². The molecular weight excluding hydrogens is 497 g/mol. The van der Waals surface area contributed by atoms with Crippen LogP contribution in [0.15, 0.2) is 18.2 Å². The van der Waals surface area contributed by atoms with Crippen LogP contribution in [0.4, 0.5) is 5.82 Å². The molecule has 1 saturated carbocycles. The largest absolute Gasteiger partial charge is 0.338 e. The topological polar surface area (TPSA) is 45.6 Å². The van der Waals surface area contributed by atoms with Crippen molar-refractivity contribution in [3.8, 4) is 10.4 Å². The number of aromatic nitrogens is 1. The number of thiazole rings is 1. The second kappa shape index (κ2) is 9.33. The highest BCUT2D eigenvalue weighted by Gasteiger charge is 2.45. The molecule has 2 aliphatic heterocycles. The van der Waals surface area contributed by atoms with Crippen molar-refractivity contribution in [1.82, 2.24) is 9.47 Å². The minimum atomic E-state index is -0.132. The van der Waals surface area contributed by atoms with Crippen LogP contribution < -0.4 is 4.90 Å². The lowest BCUT2D eigenvalue weighted by Gasteiger charge is -2.43. The van der Waals surface area contributed by atoms with Crippen LogP contribution in [0.25, 0.3) is 10.4 Å². The van der Waals surface area contributed by atoms with E-state index in [4.69, 9.17) is 35.4 Å². The van der Waals surface area contributed by atoms with Gasteiger partial charge < -0.3 is 9.47 Å². The van der Waals surface area contributed by atoms with Crippen LogP contribution >= 0.6 is 46.8 Å². The van der Waals surface area contributed by atoms with Crippen LogP contribution in [0.1, 0.15) is 57.9 Å². The highest BCUT2D eigenvalue weighted by atomic mass is 35.5. The van der Waals surface area contributed by atoms with Crippen molar-refractivity contribution in [2.45, 2.75) is 64.0 Å². The third-order valence-electron chi connectivity index (χ3n) is 7.31. The summed E-state index contributed by atoms with van der Waals surface area (Å²) in [6.07, 6.45) is 7.02. The maximum atomic E-state index is 13.8. The number of piperidine rings is 1. The first-order valence-corrected chi connectivity index (χ1v) is 13.7. The lowest BCUT2D eigenvalue weighted by molar-refractivity contribution is -0.135. The molecule has 5 rings (SSSR count). The number of likely N-dealkylation sites (tertiary alicyclic amines) is 1. The molecular formula is C24H27Cl2N3O2S2. The molecule has 2 aromatic rings. The SMILES string of the molecule is CC1CCCCN1C(=O)CN1C(=O)C2CCCCC2n2c1c(-c1ccc(Cl)cc1Cl)sc2=S. The molecule has 3 atom stereocenters. The summed E-state index contributed by atoms with van der Waals surface area (Å²) in [5, 5.41) is 1.06.